The van der Waals surface area contributed by atoms with Gasteiger partial charge < -0.3 is 19.5 Å². The Morgan fingerprint density at radius 2 is 1.86 bits per heavy atom. The Morgan fingerprint density at radius 1 is 1.10 bits per heavy atom. The number of H-pyrrole nitrogens is 1. The van der Waals surface area contributed by atoms with Crippen molar-refractivity contribution in [3.05, 3.63) is 65.4 Å². The molecular formula is C23H23N3O3. The molecule has 2 atom stereocenters. The first-order chi connectivity index (χ1) is 14.1. The minimum Gasteiger partial charge on any atom is -0.497 e. The van der Waals surface area contributed by atoms with Crippen LogP contribution >= 0.6 is 0 Å². The molecule has 148 valence electrons. The highest BCUT2D eigenvalue weighted by molar-refractivity contribution is 5.97. The average molecular weight is 389 g/mol. The molecule has 3 aromatic rings. The minimum absolute atomic E-state index is 0.0000761. The maximum absolute atomic E-state index is 13.3. The zero-order valence-electron chi connectivity index (χ0n) is 16.5. The van der Waals surface area contributed by atoms with E-state index in [0.717, 1.165) is 33.5 Å². The largest absolute Gasteiger partial charge is 0.497 e. The Balaban J connectivity index is 1.46. The predicted molar refractivity (Wildman–Crippen MR) is 109 cm³/mol. The number of fused-ring (bicyclic) bond motifs is 4. The molecule has 2 aliphatic heterocycles. The summed E-state index contributed by atoms with van der Waals surface area (Å²) in [5.41, 5.74) is 4.24. The number of nitrogens with one attached hydrogen (secondary N) is 1. The highest BCUT2D eigenvalue weighted by Crippen LogP contribution is 2.39. The molecule has 5 rings (SSSR count). The van der Waals surface area contributed by atoms with Gasteiger partial charge in [-0.2, -0.15) is 0 Å². The summed E-state index contributed by atoms with van der Waals surface area (Å²) in [7, 11) is 1.62. The van der Waals surface area contributed by atoms with Crippen molar-refractivity contribution >= 4 is 22.7 Å². The molecule has 2 aliphatic rings. The van der Waals surface area contributed by atoms with Crippen LogP contribution in [0.15, 0.2) is 48.5 Å². The molecule has 1 aromatic heterocycles. The van der Waals surface area contributed by atoms with Crippen LogP contribution in [0.4, 0.5) is 0 Å². The predicted octanol–water partition coefficient (Wildman–Crippen LogP) is 3.03. The molecular weight excluding hydrogens is 366 g/mol. The van der Waals surface area contributed by atoms with Crippen LogP contribution in [0.5, 0.6) is 5.75 Å². The Bertz CT molecular complexity index is 1100. The fourth-order valence-corrected chi connectivity index (χ4v) is 4.71. The lowest BCUT2D eigenvalue weighted by atomic mass is 9.90. The summed E-state index contributed by atoms with van der Waals surface area (Å²) in [6.45, 7) is 2.54. The third kappa shape index (κ3) is 2.78. The monoisotopic (exact) mass is 389 g/mol. The fraction of sp³-hybridized carbons (Fsp3) is 0.304. The van der Waals surface area contributed by atoms with Crippen molar-refractivity contribution in [2.24, 2.45) is 0 Å². The summed E-state index contributed by atoms with van der Waals surface area (Å²) in [5, 5.41) is 1.14. The summed E-state index contributed by atoms with van der Waals surface area (Å²) in [6.07, 6.45) is 0.549. The number of nitrogens with zero attached hydrogens (tertiary/aromatic N) is 2. The van der Waals surface area contributed by atoms with Crippen molar-refractivity contribution in [2.45, 2.75) is 32.0 Å². The smallest absolute Gasteiger partial charge is 0.246 e. The van der Waals surface area contributed by atoms with Gasteiger partial charge in [0.25, 0.3) is 0 Å². The number of benzene rings is 2. The van der Waals surface area contributed by atoms with Gasteiger partial charge in [0.1, 0.15) is 18.3 Å². The SMILES string of the molecule is COc1ccc(CN2CC(=O)N3[C@H](C)c4[nH]c5ccccc5c4C[C@H]3C2=O)cc1. The average Bonchev–Trinajstić information content (AvgIpc) is 3.11. The van der Waals surface area contributed by atoms with Crippen molar-refractivity contribution in [2.75, 3.05) is 13.7 Å². The first kappa shape index (κ1) is 17.8. The Hall–Kier alpha value is -3.28. The van der Waals surface area contributed by atoms with Crippen molar-refractivity contribution in [1.29, 1.82) is 0 Å². The summed E-state index contributed by atoms with van der Waals surface area (Å²) >= 11 is 0. The molecule has 0 unspecified atom stereocenters. The molecule has 2 amide bonds. The number of aromatic amines is 1. The van der Waals surface area contributed by atoms with Gasteiger partial charge in [0.2, 0.25) is 11.8 Å². The van der Waals surface area contributed by atoms with Gasteiger partial charge in [0.05, 0.1) is 13.2 Å². The zero-order valence-corrected chi connectivity index (χ0v) is 16.5. The topological polar surface area (TPSA) is 65.6 Å². The number of rotatable bonds is 3. The second-order valence-electron chi connectivity index (χ2n) is 7.80. The van der Waals surface area contributed by atoms with Crippen LogP contribution in [0, 0.1) is 0 Å². The molecule has 6 heteroatoms. The van der Waals surface area contributed by atoms with Crippen LogP contribution in [0.1, 0.15) is 29.8 Å². The molecule has 6 nitrogen and oxygen atoms in total. The Labute approximate surface area is 169 Å². The lowest BCUT2D eigenvalue weighted by Crippen LogP contribution is -2.62. The molecule has 0 spiro atoms. The third-order valence-electron chi connectivity index (χ3n) is 6.16. The summed E-state index contributed by atoms with van der Waals surface area (Å²) in [6, 6.07) is 15.2. The molecule has 3 heterocycles. The summed E-state index contributed by atoms with van der Waals surface area (Å²) in [5.74, 6) is 0.789. The number of aromatic nitrogens is 1. The van der Waals surface area contributed by atoms with Gasteiger partial charge in [-0.15, -0.1) is 0 Å². The highest BCUT2D eigenvalue weighted by atomic mass is 16.5. The summed E-state index contributed by atoms with van der Waals surface area (Å²) in [4.78, 5) is 33.3. The van der Waals surface area contributed by atoms with Gasteiger partial charge in [0, 0.05) is 29.6 Å². The van der Waals surface area contributed by atoms with E-state index in [-0.39, 0.29) is 24.4 Å². The molecule has 0 saturated carbocycles. The number of methoxy groups -OCH3 is 1. The molecule has 1 fully saturated rings. The molecule has 0 aliphatic carbocycles. The van der Waals surface area contributed by atoms with E-state index < -0.39 is 6.04 Å². The molecule has 2 aromatic carbocycles. The maximum Gasteiger partial charge on any atom is 0.246 e. The lowest BCUT2D eigenvalue weighted by Gasteiger charge is -2.46. The molecule has 0 radical (unpaired) electrons. The number of hydrogen-bond acceptors (Lipinski definition) is 3. The van der Waals surface area contributed by atoms with E-state index in [1.807, 2.05) is 49.4 Å². The number of hydrogen-bond donors (Lipinski definition) is 1. The van der Waals surface area contributed by atoms with Gasteiger partial charge in [-0.3, -0.25) is 9.59 Å². The van der Waals surface area contributed by atoms with Crippen LogP contribution in [0.25, 0.3) is 10.9 Å². The van der Waals surface area contributed by atoms with E-state index in [4.69, 9.17) is 4.74 Å². The minimum atomic E-state index is -0.448. The maximum atomic E-state index is 13.3. The van der Waals surface area contributed by atoms with Gasteiger partial charge in [-0.05, 0) is 36.2 Å². The van der Waals surface area contributed by atoms with E-state index in [1.165, 1.54) is 0 Å². The number of carbonyl (C=O) groups is 2. The standard InChI is InChI=1S/C23H23N3O3/c1-14-22-18(17-5-3-4-6-19(17)24-22)11-20-23(28)25(13-21(27)26(14)20)12-15-7-9-16(29-2)10-8-15/h3-10,14,20,24H,11-13H2,1-2H3/t14-,20+/m1/s1. The molecule has 1 N–H and O–H groups in total. The number of piperazine rings is 1. The van der Waals surface area contributed by atoms with Crippen LogP contribution in [-0.2, 0) is 22.6 Å². The van der Waals surface area contributed by atoms with E-state index in [2.05, 4.69) is 11.1 Å². The first-order valence-corrected chi connectivity index (χ1v) is 9.89. The second kappa shape index (κ2) is 6.65. The van der Waals surface area contributed by atoms with Gasteiger partial charge in [0.15, 0.2) is 0 Å². The van der Waals surface area contributed by atoms with Crippen LogP contribution in [0.3, 0.4) is 0 Å². The normalized spacial score (nSPS) is 21.3. The van der Waals surface area contributed by atoms with Crippen LogP contribution in [-0.4, -0.2) is 46.3 Å². The van der Waals surface area contributed by atoms with Crippen LogP contribution in [0.2, 0.25) is 0 Å². The third-order valence-corrected chi connectivity index (χ3v) is 6.16. The van der Waals surface area contributed by atoms with Gasteiger partial charge >= 0.3 is 0 Å². The van der Waals surface area contributed by atoms with E-state index in [1.54, 1.807) is 16.9 Å². The number of para-hydroxylation sites is 1. The first-order valence-electron chi connectivity index (χ1n) is 9.89. The summed E-state index contributed by atoms with van der Waals surface area (Å²) < 4.78 is 5.20. The number of carbonyl (C=O) groups excluding carboxylic acids is 2. The molecule has 0 bridgehead atoms. The quantitative estimate of drug-likeness (QED) is 0.749. The lowest BCUT2D eigenvalue weighted by molar-refractivity contribution is -0.159. The number of amides is 2. The van der Waals surface area contributed by atoms with E-state index >= 15 is 0 Å². The van der Waals surface area contributed by atoms with Crippen LogP contribution < -0.4 is 4.74 Å². The number of ether oxygens (including phenoxy) is 1. The molecule has 1 saturated heterocycles. The second-order valence-corrected chi connectivity index (χ2v) is 7.80. The Morgan fingerprint density at radius 3 is 2.62 bits per heavy atom. The van der Waals surface area contributed by atoms with E-state index in [9.17, 15) is 9.59 Å². The van der Waals surface area contributed by atoms with Crippen molar-refractivity contribution < 1.29 is 14.3 Å². The zero-order chi connectivity index (χ0) is 20.1. The highest BCUT2D eigenvalue weighted by Gasteiger charge is 2.46. The van der Waals surface area contributed by atoms with Crippen molar-refractivity contribution in [3.8, 4) is 5.75 Å². The van der Waals surface area contributed by atoms with Crippen molar-refractivity contribution in [3.63, 3.8) is 0 Å². The molecule has 29 heavy (non-hydrogen) atoms. The fourth-order valence-electron chi connectivity index (χ4n) is 4.71. The van der Waals surface area contributed by atoms with Gasteiger partial charge in [-0.25, -0.2) is 0 Å². The Kier molecular flexibility index (Phi) is 4.08. The van der Waals surface area contributed by atoms with Crippen molar-refractivity contribution in [1.82, 2.24) is 14.8 Å². The van der Waals surface area contributed by atoms with Gasteiger partial charge in [-0.1, -0.05) is 30.3 Å². The van der Waals surface area contributed by atoms with E-state index in [0.29, 0.717) is 13.0 Å².